The van der Waals surface area contributed by atoms with Gasteiger partial charge in [0.05, 0.1) is 20.8 Å². The standard InChI is InChI=1S/C11H12O5/c1-14-9-6-3-4-16-10(6)11(15-2)8(13)7(9)5-12/h5,13H,3-4H2,1-2H3. The number of fused-ring (bicyclic) bond motifs is 1. The molecule has 0 atom stereocenters. The second-order valence-corrected chi connectivity index (χ2v) is 3.35. The van der Waals surface area contributed by atoms with Gasteiger partial charge in [0.1, 0.15) is 11.3 Å². The Balaban J connectivity index is 2.77. The molecule has 1 aliphatic heterocycles. The number of ether oxygens (including phenoxy) is 3. The monoisotopic (exact) mass is 224 g/mol. The molecule has 5 nitrogen and oxygen atoms in total. The summed E-state index contributed by atoms with van der Waals surface area (Å²) in [5.74, 6) is 0.772. The van der Waals surface area contributed by atoms with Gasteiger partial charge in [-0.05, 0) is 0 Å². The zero-order valence-corrected chi connectivity index (χ0v) is 9.07. The van der Waals surface area contributed by atoms with E-state index >= 15 is 0 Å². The number of phenolic OH excluding ortho intramolecular Hbond substituents is 1. The Kier molecular flexibility index (Phi) is 2.60. The fraction of sp³-hybridized carbons (Fsp3) is 0.364. The van der Waals surface area contributed by atoms with Crippen molar-refractivity contribution in [3.8, 4) is 23.0 Å². The first kappa shape index (κ1) is 10.6. The van der Waals surface area contributed by atoms with Gasteiger partial charge in [0, 0.05) is 12.0 Å². The molecule has 0 fully saturated rings. The first-order chi connectivity index (χ1) is 7.74. The summed E-state index contributed by atoms with van der Waals surface area (Å²) in [7, 11) is 2.87. The average Bonchev–Trinajstić information content (AvgIpc) is 2.76. The zero-order valence-electron chi connectivity index (χ0n) is 9.07. The van der Waals surface area contributed by atoms with Gasteiger partial charge >= 0.3 is 0 Å². The quantitative estimate of drug-likeness (QED) is 0.780. The van der Waals surface area contributed by atoms with E-state index in [1.165, 1.54) is 14.2 Å². The van der Waals surface area contributed by atoms with Crippen LogP contribution in [0, 0.1) is 0 Å². The van der Waals surface area contributed by atoms with E-state index in [0.717, 1.165) is 5.56 Å². The lowest BCUT2D eigenvalue weighted by molar-refractivity contribution is 0.111. The molecule has 0 spiro atoms. The molecule has 1 aliphatic rings. The van der Waals surface area contributed by atoms with E-state index in [4.69, 9.17) is 14.2 Å². The molecule has 1 heterocycles. The molecular weight excluding hydrogens is 212 g/mol. The van der Waals surface area contributed by atoms with Gasteiger partial charge in [-0.25, -0.2) is 0 Å². The van der Waals surface area contributed by atoms with Crippen LogP contribution in [-0.4, -0.2) is 32.2 Å². The second-order valence-electron chi connectivity index (χ2n) is 3.35. The maximum Gasteiger partial charge on any atom is 0.204 e. The summed E-state index contributed by atoms with van der Waals surface area (Å²) in [4.78, 5) is 10.9. The Bertz CT molecular complexity index is 439. The summed E-state index contributed by atoms with van der Waals surface area (Å²) in [6, 6.07) is 0. The summed E-state index contributed by atoms with van der Waals surface area (Å²) in [6.07, 6.45) is 1.19. The summed E-state index contributed by atoms with van der Waals surface area (Å²) < 4.78 is 15.5. The number of rotatable bonds is 3. The summed E-state index contributed by atoms with van der Waals surface area (Å²) in [5, 5.41) is 9.85. The molecule has 1 aromatic carbocycles. The van der Waals surface area contributed by atoms with E-state index in [0.29, 0.717) is 30.8 Å². The number of aromatic hydroxyl groups is 1. The van der Waals surface area contributed by atoms with Crippen LogP contribution in [0.2, 0.25) is 0 Å². The van der Waals surface area contributed by atoms with Crippen molar-refractivity contribution < 1.29 is 24.1 Å². The molecule has 1 N–H and O–H groups in total. The number of aldehydes is 1. The number of carbonyl (C=O) groups excluding carboxylic acids is 1. The third-order valence-corrected chi connectivity index (χ3v) is 2.59. The van der Waals surface area contributed by atoms with Crippen molar-refractivity contribution in [1.82, 2.24) is 0 Å². The normalized spacial score (nSPS) is 12.9. The third-order valence-electron chi connectivity index (χ3n) is 2.59. The fourth-order valence-electron chi connectivity index (χ4n) is 1.91. The number of hydrogen-bond acceptors (Lipinski definition) is 5. The highest BCUT2D eigenvalue weighted by atomic mass is 16.5. The molecule has 0 radical (unpaired) electrons. The minimum atomic E-state index is -0.241. The smallest absolute Gasteiger partial charge is 0.204 e. The molecule has 0 bridgehead atoms. The highest BCUT2D eigenvalue weighted by Crippen LogP contribution is 2.49. The number of benzene rings is 1. The fourth-order valence-corrected chi connectivity index (χ4v) is 1.91. The predicted octanol–water partition coefficient (Wildman–Crippen LogP) is 1.16. The molecular formula is C11H12O5. The van der Waals surface area contributed by atoms with E-state index in [9.17, 15) is 9.90 Å². The average molecular weight is 224 g/mol. The van der Waals surface area contributed by atoms with E-state index in [2.05, 4.69) is 0 Å². The molecule has 0 aromatic heterocycles. The Morgan fingerprint density at radius 1 is 1.31 bits per heavy atom. The van der Waals surface area contributed by atoms with Crippen LogP contribution < -0.4 is 14.2 Å². The lowest BCUT2D eigenvalue weighted by Crippen LogP contribution is -1.98. The van der Waals surface area contributed by atoms with Crippen molar-refractivity contribution in [3.05, 3.63) is 11.1 Å². The molecule has 2 rings (SSSR count). The van der Waals surface area contributed by atoms with Crippen LogP contribution in [0.3, 0.4) is 0 Å². The molecule has 0 aliphatic carbocycles. The summed E-state index contributed by atoms with van der Waals surface area (Å²) in [6.45, 7) is 0.490. The van der Waals surface area contributed by atoms with Crippen LogP contribution in [-0.2, 0) is 6.42 Å². The number of carbonyl (C=O) groups is 1. The minimum absolute atomic E-state index is 0.101. The Hall–Kier alpha value is -1.91. The third kappa shape index (κ3) is 1.28. The largest absolute Gasteiger partial charge is 0.504 e. The topological polar surface area (TPSA) is 65.0 Å². The summed E-state index contributed by atoms with van der Waals surface area (Å²) >= 11 is 0. The van der Waals surface area contributed by atoms with Gasteiger partial charge in [0.15, 0.2) is 17.8 Å². The molecule has 1 aromatic rings. The van der Waals surface area contributed by atoms with Crippen molar-refractivity contribution in [2.45, 2.75) is 6.42 Å². The second kappa shape index (κ2) is 3.92. The van der Waals surface area contributed by atoms with Crippen LogP contribution in [0.25, 0.3) is 0 Å². The molecule has 0 saturated heterocycles. The zero-order chi connectivity index (χ0) is 11.7. The predicted molar refractivity (Wildman–Crippen MR) is 55.8 cm³/mol. The molecule has 0 saturated carbocycles. The molecule has 0 unspecified atom stereocenters. The van der Waals surface area contributed by atoms with Gasteiger partial charge in [-0.1, -0.05) is 0 Å². The van der Waals surface area contributed by atoms with Crippen molar-refractivity contribution in [1.29, 1.82) is 0 Å². The van der Waals surface area contributed by atoms with Crippen molar-refractivity contribution in [3.63, 3.8) is 0 Å². The Labute approximate surface area is 92.5 Å². The summed E-state index contributed by atoms with van der Waals surface area (Å²) in [5.41, 5.74) is 0.864. The van der Waals surface area contributed by atoms with E-state index in [1.807, 2.05) is 0 Å². The molecule has 16 heavy (non-hydrogen) atoms. The van der Waals surface area contributed by atoms with E-state index in [-0.39, 0.29) is 17.1 Å². The highest BCUT2D eigenvalue weighted by molar-refractivity contribution is 5.88. The van der Waals surface area contributed by atoms with E-state index in [1.54, 1.807) is 0 Å². The minimum Gasteiger partial charge on any atom is -0.504 e. The molecule has 5 heteroatoms. The van der Waals surface area contributed by atoms with Gasteiger partial charge in [-0.3, -0.25) is 4.79 Å². The Morgan fingerprint density at radius 2 is 2.00 bits per heavy atom. The van der Waals surface area contributed by atoms with Gasteiger partial charge in [-0.15, -0.1) is 0 Å². The van der Waals surface area contributed by atoms with Gasteiger partial charge in [0.2, 0.25) is 5.75 Å². The lowest BCUT2D eigenvalue weighted by atomic mass is 10.0. The maximum atomic E-state index is 10.9. The molecule has 86 valence electrons. The first-order valence-electron chi connectivity index (χ1n) is 4.82. The maximum absolute atomic E-state index is 10.9. The van der Waals surface area contributed by atoms with Crippen LogP contribution >= 0.6 is 0 Å². The Morgan fingerprint density at radius 3 is 2.56 bits per heavy atom. The van der Waals surface area contributed by atoms with Crippen LogP contribution in [0.4, 0.5) is 0 Å². The SMILES string of the molecule is COc1c(C=O)c(O)c(OC)c2c1CCO2. The first-order valence-corrected chi connectivity index (χ1v) is 4.82. The van der Waals surface area contributed by atoms with E-state index < -0.39 is 0 Å². The number of methoxy groups -OCH3 is 2. The molecule has 0 amide bonds. The lowest BCUT2D eigenvalue weighted by Gasteiger charge is -2.14. The number of phenols is 1. The van der Waals surface area contributed by atoms with Gasteiger partial charge < -0.3 is 19.3 Å². The van der Waals surface area contributed by atoms with Crippen molar-refractivity contribution >= 4 is 6.29 Å². The van der Waals surface area contributed by atoms with Crippen LogP contribution in [0.5, 0.6) is 23.0 Å². The van der Waals surface area contributed by atoms with Gasteiger partial charge in [-0.2, -0.15) is 0 Å². The van der Waals surface area contributed by atoms with Crippen molar-refractivity contribution in [2.24, 2.45) is 0 Å². The van der Waals surface area contributed by atoms with Gasteiger partial charge in [0.25, 0.3) is 0 Å². The van der Waals surface area contributed by atoms with Crippen LogP contribution in [0.1, 0.15) is 15.9 Å². The highest BCUT2D eigenvalue weighted by Gasteiger charge is 2.29. The van der Waals surface area contributed by atoms with Crippen molar-refractivity contribution in [2.75, 3.05) is 20.8 Å². The number of hydrogen-bond donors (Lipinski definition) is 1. The van der Waals surface area contributed by atoms with Crippen LogP contribution in [0.15, 0.2) is 0 Å².